The number of methoxy groups -OCH3 is 1. The zero-order valence-corrected chi connectivity index (χ0v) is 20.7. The number of thioether (sulfide) groups is 1. The normalized spacial score (nSPS) is 12.2. The summed E-state index contributed by atoms with van der Waals surface area (Å²) in [5.74, 6) is 0.00654. The molecule has 0 saturated heterocycles. The van der Waals surface area contributed by atoms with Crippen LogP contribution in [-0.2, 0) is 16.1 Å². The molecule has 0 fully saturated rings. The molecule has 6 nitrogen and oxygen atoms in total. The van der Waals surface area contributed by atoms with Gasteiger partial charge < -0.3 is 10.1 Å². The SMILES string of the molecule is COCCCn1c(SCC(=O)NC(C)c2cccc3ccccc23)nc2cc(Cl)ccc2c1=O. The number of ether oxygens (including phenoxy) is 1. The molecular formula is C26H26ClN3O3S. The van der Waals surface area contributed by atoms with Crippen LogP contribution < -0.4 is 10.9 Å². The first-order chi connectivity index (χ1) is 16.5. The average molecular weight is 496 g/mol. The van der Waals surface area contributed by atoms with E-state index in [1.807, 2.05) is 31.2 Å². The minimum Gasteiger partial charge on any atom is -0.385 e. The van der Waals surface area contributed by atoms with Gasteiger partial charge in [0.1, 0.15) is 0 Å². The van der Waals surface area contributed by atoms with Gasteiger partial charge in [-0.15, -0.1) is 0 Å². The summed E-state index contributed by atoms with van der Waals surface area (Å²) in [6.45, 7) is 2.95. The van der Waals surface area contributed by atoms with Crippen molar-refractivity contribution in [2.45, 2.75) is 31.1 Å². The fourth-order valence-corrected chi connectivity index (χ4v) is 4.97. The van der Waals surface area contributed by atoms with Gasteiger partial charge in [0.15, 0.2) is 5.16 Å². The number of benzene rings is 3. The topological polar surface area (TPSA) is 73.2 Å². The van der Waals surface area contributed by atoms with Gasteiger partial charge in [-0.05, 0) is 47.9 Å². The summed E-state index contributed by atoms with van der Waals surface area (Å²) >= 11 is 7.36. The fraction of sp³-hybridized carbons (Fsp3) is 0.269. The van der Waals surface area contributed by atoms with E-state index in [9.17, 15) is 9.59 Å². The third-order valence-corrected chi connectivity index (χ3v) is 6.82. The number of aromatic nitrogens is 2. The lowest BCUT2D eigenvalue weighted by atomic mass is 10.00. The maximum atomic E-state index is 13.1. The molecule has 1 unspecified atom stereocenters. The molecule has 1 heterocycles. The Hall–Kier alpha value is -2.87. The third kappa shape index (κ3) is 5.43. The van der Waals surface area contributed by atoms with E-state index in [2.05, 4.69) is 28.5 Å². The number of nitrogens with one attached hydrogen (secondary N) is 1. The largest absolute Gasteiger partial charge is 0.385 e. The monoisotopic (exact) mass is 495 g/mol. The van der Waals surface area contributed by atoms with E-state index in [0.29, 0.717) is 40.7 Å². The Bertz CT molecular complexity index is 1380. The Labute approximate surface area is 207 Å². The minimum atomic E-state index is -0.161. The summed E-state index contributed by atoms with van der Waals surface area (Å²) in [4.78, 5) is 30.6. The molecule has 0 aliphatic rings. The number of carbonyl (C=O) groups excluding carboxylic acids is 1. The molecule has 4 aromatic rings. The number of amides is 1. The predicted octanol–water partition coefficient (Wildman–Crippen LogP) is 5.21. The van der Waals surface area contributed by atoms with Gasteiger partial charge in [-0.25, -0.2) is 4.98 Å². The molecule has 1 atom stereocenters. The summed E-state index contributed by atoms with van der Waals surface area (Å²) in [7, 11) is 1.63. The van der Waals surface area contributed by atoms with Gasteiger partial charge >= 0.3 is 0 Å². The zero-order chi connectivity index (χ0) is 24.1. The Morgan fingerprint density at radius 1 is 1.15 bits per heavy atom. The molecule has 0 saturated carbocycles. The van der Waals surface area contributed by atoms with Gasteiger partial charge in [0, 0.05) is 25.3 Å². The van der Waals surface area contributed by atoms with Crippen LogP contribution in [0.5, 0.6) is 0 Å². The number of halogens is 1. The molecule has 8 heteroatoms. The van der Waals surface area contributed by atoms with E-state index in [0.717, 1.165) is 16.3 Å². The Morgan fingerprint density at radius 3 is 2.76 bits per heavy atom. The molecule has 1 N–H and O–H groups in total. The highest BCUT2D eigenvalue weighted by molar-refractivity contribution is 7.99. The van der Waals surface area contributed by atoms with Crippen molar-refractivity contribution in [2.75, 3.05) is 19.5 Å². The summed E-state index contributed by atoms with van der Waals surface area (Å²) in [5.41, 5.74) is 1.43. The molecule has 0 aliphatic carbocycles. The first kappa shape index (κ1) is 24.3. The van der Waals surface area contributed by atoms with Crippen LogP contribution in [0, 0.1) is 0 Å². The van der Waals surface area contributed by atoms with Crippen molar-refractivity contribution in [1.29, 1.82) is 0 Å². The number of hydrogen-bond donors (Lipinski definition) is 1. The maximum Gasteiger partial charge on any atom is 0.262 e. The van der Waals surface area contributed by atoms with Crippen molar-refractivity contribution in [3.05, 3.63) is 81.6 Å². The molecule has 0 aliphatic heterocycles. The summed E-state index contributed by atoms with van der Waals surface area (Å²) in [5, 5.41) is 6.82. The molecular weight excluding hydrogens is 470 g/mol. The molecule has 0 radical (unpaired) electrons. The van der Waals surface area contributed by atoms with Crippen LogP contribution in [0.3, 0.4) is 0 Å². The van der Waals surface area contributed by atoms with Crippen molar-refractivity contribution >= 4 is 50.9 Å². The Kier molecular flexibility index (Phi) is 7.88. The van der Waals surface area contributed by atoms with Crippen molar-refractivity contribution < 1.29 is 9.53 Å². The van der Waals surface area contributed by atoms with Crippen LogP contribution >= 0.6 is 23.4 Å². The highest BCUT2D eigenvalue weighted by Crippen LogP contribution is 2.25. The number of fused-ring (bicyclic) bond motifs is 2. The summed E-state index contributed by atoms with van der Waals surface area (Å²) in [6, 6.07) is 19.1. The standard InChI is InChI=1S/C26H26ClN3O3S/c1-17(20-10-5-8-18-7-3-4-9-21(18)20)28-24(31)16-34-26-29-23-15-19(27)11-12-22(23)25(32)30(26)13-6-14-33-2/h3-5,7-12,15,17H,6,13-14,16H2,1-2H3,(H,28,31). The average Bonchev–Trinajstić information content (AvgIpc) is 2.83. The molecule has 1 aromatic heterocycles. The summed E-state index contributed by atoms with van der Waals surface area (Å²) in [6.07, 6.45) is 0.662. The van der Waals surface area contributed by atoms with Gasteiger partial charge in [0.25, 0.3) is 5.56 Å². The van der Waals surface area contributed by atoms with Gasteiger partial charge in [-0.1, -0.05) is 65.8 Å². The van der Waals surface area contributed by atoms with E-state index < -0.39 is 0 Å². The van der Waals surface area contributed by atoms with Gasteiger partial charge in [0.2, 0.25) is 5.91 Å². The lowest BCUT2D eigenvalue weighted by Crippen LogP contribution is -2.29. The maximum absolute atomic E-state index is 13.1. The van der Waals surface area contributed by atoms with Gasteiger partial charge in [-0.2, -0.15) is 0 Å². The van der Waals surface area contributed by atoms with Crippen LogP contribution in [0.4, 0.5) is 0 Å². The van der Waals surface area contributed by atoms with Crippen molar-refractivity contribution in [3.8, 4) is 0 Å². The van der Waals surface area contributed by atoms with Crippen molar-refractivity contribution in [1.82, 2.24) is 14.9 Å². The van der Waals surface area contributed by atoms with Crippen LogP contribution in [0.2, 0.25) is 5.02 Å². The van der Waals surface area contributed by atoms with Crippen molar-refractivity contribution in [2.24, 2.45) is 0 Å². The quantitative estimate of drug-likeness (QED) is 0.196. The first-order valence-corrected chi connectivity index (χ1v) is 12.4. The zero-order valence-electron chi connectivity index (χ0n) is 19.1. The van der Waals surface area contributed by atoms with Crippen LogP contribution in [0.15, 0.2) is 70.6 Å². The smallest absolute Gasteiger partial charge is 0.262 e. The number of carbonyl (C=O) groups is 1. The fourth-order valence-electron chi connectivity index (χ4n) is 3.97. The number of rotatable bonds is 9. The van der Waals surface area contributed by atoms with E-state index in [-0.39, 0.29) is 23.3 Å². The molecule has 0 spiro atoms. The third-order valence-electron chi connectivity index (χ3n) is 5.61. The van der Waals surface area contributed by atoms with E-state index in [1.54, 1.807) is 29.9 Å². The number of hydrogen-bond acceptors (Lipinski definition) is 5. The lowest BCUT2D eigenvalue weighted by Gasteiger charge is -2.17. The van der Waals surface area contributed by atoms with Crippen LogP contribution in [-0.4, -0.2) is 34.9 Å². The molecule has 4 rings (SSSR count). The lowest BCUT2D eigenvalue weighted by molar-refractivity contribution is -0.119. The van der Waals surface area contributed by atoms with Crippen LogP contribution in [0.1, 0.15) is 24.9 Å². The number of nitrogens with zero attached hydrogens (tertiary/aromatic N) is 2. The summed E-state index contributed by atoms with van der Waals surface area (Å²) < 4.78 is 6.75. The molecule has 176 valence electrons. The molecule has 3 aromatic carbocycles. The van der Waals surface area contributed by atoms with Crippen LogP contribution in [0.25, 0.3) is 21.7 Å². The highest BCUT2D eigenvalue weighted by Gasteiger charge is 2.16. The second kappa shape index (κ2) is 11.0. The van der Waals surface area contributed by atoms with E-state index in [1.165, 1.54) is 11.8 Å². The second-order valence-electron chi connectivity index (χ2n) is 8.01. The predicted molar refractivity (Wildman–Crippen MR) is 139 cm³/mol. The van der Waals surface area contributed by atoms with Gasteiger partial charge in [-0.3, -0.25) is 14.2 Å². The molecule has 34 heavy (non-hydrogen) atoms. The van der Waals surface area contributed by atoms with Gasteiger partial charge in [0.05, 0.1) is 22.7 Å². The Balaban J connectivity index is 1.53. The Morgan fingerprint density at radius 2 is 1.94 bits per heavy atom. The minimum absolute atomic E-state index is 0.130. The second-order valence-corrected chi connectivity index (χ2v) is 9.38. The van der Waals surface area contributed by atoms with Crippen molar-refractivity contribution in [3.63, 3.8) is 0 Å². The molecule has 0 bridgehead atoms. The first-order valence-electron chi connectivity index (χ1n) is 11.1. The van der Waals surface area contributed by atoms with E-state index >= 15 is 0 Å². The van der Waals surface area contributed by atoms with E-state index in [4.69, 9.17) is 16.3 Å². The molecule has 1 amide bonds. The highest BCUT2D eigenvalue weighted by atomic mass is 35.5.